The highest BCUT2D eigenvalue weighted by Crippen LogP contribution is 2.27. The third kappa shape index (κ3) is 14.2. The molecular formula is C40H76N12. The first-order valence-electron chi connectivity index (χ1n) is 18.6. The molecule has 296 valence electrons. The largest absolute Gasteiger partial charge is 0.247 e. The quantitative estimate of drug-likeness (QED) is 0.176. The van der Waals surface area contributed by atoms with Gasteiger partial charge in [0.25, 0.3) is 0 Å². The second-order valence-electron chi connectivity index (χ2n) is 21.8. The molecule has 0 amide bonds. The van der Waals surface area contributed by atoms with E-state index in [1.807, 2.05) is 43.5 Å². The third-order valence-electron chi connectivity index (χ3n) is 7.80. The summed E-state index contributed by atoms with van der Waals surface area (Å²) in [5.74, 6) is 0. The summed E-state index contributed by atoms with van der Waals surface area (Å²) in [5.41, 5.74) is 4.91. The van der Waals surface area contributed by atoms with Crippen LogP contribution in [-0.2, 0) is 43.8 Å². The summed E-state index contributed by atoms with van der Waals surface area (Å²) in [6.07, 6.45) is 7.76. The van der Waals surface area contributed by atoms with Gasteiger partial charge in [-0.05, 0) is 83.1 Å². The molecule has 4 aromatic heterocycles. The topological polar surface area (TPSA) is 123 Å². The summed E-state index contributed by atoms with van der Waals surface area (Å²) in [5, 5.41) is 32.8. The van der Waals surface area contributed by atoms with Crippen LogP contribution in [0.2, 0.25) is 0 Å². The van der Waals surface area contributed by atoms with Crippen LogP contribution < -0.4 is 0 Å². The van der Waals surface area contributed by atoms with Crippen molar-refractivity contribution in [1.29, 1.82) is 0 Å². The molecule has 52 heavy (non-hydrogen) atoms. The van der Waals surface area contributed by atoms with Crippen molar-refractivity contribution in [1.82, 2.24) is 60.0 Å². The molecule has 0 aliphatic heterocycles. The first-order valence-corrected chi connectivity index (χ1v) is 18.6. The minimum atomic E-state index is 0.0130. The van der Waals surface area contributed by atoms with E-state index in [1.165, 1.54) is 11.4 Å². The minimum absolute atomic E-state index is 0.0130. The zero-order valence-corrected chi connectivity index (χ0v) is 37.7. The van der Waals surface area contributed by atoms with Gasteiger partial charge in [0.15, 0.2) is 0 Å². The van der Waals surface area contributed by atoms with Crippen LogP contribution in [0.3, 0.4) is 0 Å². The number of nitrogens with zero attached hydrogens (tertiary/aromatic N) is 12. The number of hydrogen-bond acceptors (Lipinski definition) is 8. The lowest BCUT2D eigenvalue weighted by molar-refractivity contribution is 0.316. The lowest BCUT2D eigenvalue weighted by Gasteiger charge is -2.27. The molecule has 0 spiro atoms. The maximum atomic E-state index is 4.17. The molecule has 0 radical (unpaired) electrons. The van der Waals surface area contributed by atoms with Gasteiger partial charge in [-0.1, -0.05) is 104 Å². The van der Waals surface area contributed by atoms with Crippen LogP contribution in [0.4, 0.5) is 0 Å². The van der Waals surface area contributed by atoms with Gasteiger partial charge >= 0.3 is 0 Å². The second-order valence-corrected chi connectivity index (χ2v) is 21.8. The zero-order valence-electron chi connectivity index (χ0n) is 37.7. The van der Waals surface area contributed by atoms with Gasteiger partial charge in [0.2, 0.25) is 0 Å². The summed E-state index contributed by atoms with van der Waals surface area (Å²) < 4.78 is 7.81. The normalized spacial score (nSPS) is 13.4. The molecule has 12 heteroatoms. The number of aromatic nitrogens is 12. The first-order chi connectivity index (χ1) is 22.9. The molecule has 12 nitrogen and oxygen atoms in total. The molecule has 0 saturated heterocycles. The molecule has 0 unspecified atom stereocenters. The van der Waals surface area contributed by atoms with Gasteiger partial charge in [-0.2, -0.15) is 0 Å². The molecular weight excluding hydrogens is 649 g/mol. The molecule has 0 N–H and O–H groups in total. The van der Waals surface area contributed by atoms with E-state index in [-0.39, 0.29) is 43.8 Å². The van der Waals surface area contributed by atoms with Crippen molar-refractivity contribution in [3.63, 3.8) is 0 Å². The van der Waals surface area contributed by atoms with E-state index in [2.05, 4.69) is 207 Å². The average molecular weight is 725 g/mol. The Balaban J connectivity index is 0.000000347. The summed E-state index contributed by atoms with van der Waals surface area (Å²) >= 11 is 0. The van der Waals surface area contributed by atoms with Gasteiger partial charge in [-0.15, -0.1) is 20.4 Å². The monoisotopic (exact) mass is 725 g/mol. The standard InChI is InChI=1S/4C10H19N3/c2*1-9(2,3)8-7-13(12-11-8)10(4,5)6;2*1-9(2,3)8-7-11-12-13(8)10(4,5)6/h4*7H,1-6H3. The smallest absolute Gasteiger partial charge is 0.0880 e. The van der Waals surface area contributed by atoms with Crippen molar-refractivity contribution < 1.29 is 0 Å². The van der Waals surface area contributed by atoms with E-state index in [1.54, 1.807) is 0 Å². The summed E-state index contributed by atoms with van der Waals surface area (Å²) in [4.78, 5) is 0. The van der Waals surface area contributed by atoms with Crippen molar-refractivity contribution >= 4 is 0 Å². The van der Waals surface area contributed by atoms with Crippen molar-refractivity contribution in [3.8, 4) is 0 Å². The Bertz CT molecular complexity index is 1400. The highest BCUT2D eigenvalue weighted by Gasteiger charge is 2.27. The van der Waals surface area contributed by atoms with Crippen LogP contribution >= 0.6 is 0 Å². The van der Waals surface area contributed by atoms with Gasteiger partial charge in [0.1, 0.15) is 0 Å². The highest BCUT2D eigenvalue weighted by molar-refractivity contribution is 5.11. The maximum absolute atomic E-state index is 4.17. The van der Waals surface area contributed by atoms with E-state index >= 15 is 0 Å². The second kappa shape index (κ2) is 15.9. The van der Waals surface area contributed by atoms with Crippen molar-refractivity contribution in [2.24, 2.45) is 0 Å². The Morgan fingerprint density at radius 1 is 0.346 bits per heavy atom. The van der Waals surface area contributed by atoms with Gasteiger partial charge in [-0.3, -0.25) is 0 Å². The van der Waals surface area contributed by atoms with Crippen LogP contribution in [0.1, 0.15) is 189 Å². The van der Waals surface area contributed by atoms with Crippen molar-refractivity contribution in [2.75, 3.05) is 0 Å². The molecule has 0 aliphatic rings. The Hall–Kier alpha value is -3.44. The molecule has 4 heterocycles. The zero-order chi connectivity index (χ0) is 41.1. The molecule has 4 aromatic rings. The fourth-order valence-corrected chi connectivity index (χ4v) is 4.35. The van der Waals surface area contributed by atoms with Crippen LogP contribution in [-0.4, -0.2) is 60.0 Å². The fourth-order valence-electron chi connectivity index (χ4n) is 4.35. The number of hydrogen-bond donors (Lipinski definition) is 0. The highest BCUT2D eigenvalue weighted by atomic mass is 15.5. The SMILES string of the molecule is CC(C)(C)c1cn(C(C)(C)C)nn1.CC(C)(C)c1cn(C(C)(C)C)nn1.CC(C)(C)c1cnnn1C(C)(C)C.CC(C)(C)c1cnnn1C(C)(C)C. The molecule has 4 rings (SSSR count). The van der Waals surface area contributed by atoms with Crippen LogP contribution in [0.15, 0.2) is 24.8 Å². The third-order valence-corrected chi connectivity index (χ3v) is 7.80. The Morgan fingerprint density at radius 2 is 0.615 bits per heavy atom. The van der Waals surface area contributed by atoms with Crippen LogP contribution in [0.5, 0.6) is 0 Å². The Kier molecular flexibility index (Phi) is 14.2. The molecule has 0 fully saturated rings. The summed E-state index contributed by atoms with van der Waals surface area (Å²) in [6.45, 7) is 51.4. The van der Waals surface area contributed by atoms with E-state index in [4.69, 9.17) is 0 Å². The van der Waals surface area contributed by atoms with Crippen molar-refractivity contribution in [2.45, 2.75) is 210 Å². The van der Waals surface area contributed by atoms with E-state index < -0.39 is 0 Å². The average Bonchev–Trinajstić information content (AvgIpc) is 3.72. The van der Waals surface area contributed by atoms with Crippen molar-refractivity contribution in [3.05, 3.63) is 47.6 Å². The van der Waals surface area contributed by atoms with E-state index in [0.29, 0.717) is 0 Å². The first kappa shape index (κ1) is 46.6. The Morgan fingerprint density at radius 3 is 0.750 bits per heavy atom. The van der Waals surface area contributed by atoms with Gasteiger partial charge in [0, 0.05) is 34.1 Å². The van der Waals surface area contributed by atoms with Gasteiger partial charge in [0.05, 0.1) is 57.3 Å². The van der Waals surface area contributed by atoms with Crippen LogP contribution in [0.25, 0.3) is 0 Å². The lowest BCUT2D eigenvalue weighted by atomic mass is 9.91. The molecule has 0 aromatic carbocycles. The molecule has 0 atom stereocenters. The minimum Gasteiger partial charge on any atom is -0.247 e. The number of rotatable bonds is 0. The Labute approximate surface area is 316 Å². The van der Waals surface area contributed by atoms with Gasteiger partial charge in [-0.25, -0.2) is 18.7 Å². The van der Waals surface area contributed by atoms with Crippen LogP contribution in [0, 0.1) is 0 Å². The van der Waals surface area contributed by atoms with E-state index in [0.717, 1.165) is 11.4 Å². The molecule has 0 saturated carbocycles. The fraction of sp³-hybridized carbons (Fsp3) is 0.800. The van der Waals surface area contributed by atoms with Gasteiger partial charge < -0.3 is 0 Å². The summed E-state index contributed by atoms with van der Waals surface area (Å²) in [6, 6.07) is 0. The molecule has 0 aliphatic carbocycles. The predicted octanol–water partition coefficient (Wildman–Crippen LogP) is 9.32. The predicted molar refractivity (Wildman–Crippen MR) is 215 cm³/mol. The lowest BCUT2D eigenvalue weighted by Crippen LogP contribution is -2.30. The maximum Gasteiger partial charge on any atom is 0.0880 e. The van der Waals surface area contributed by atoms with E-state index in [9.17, 15) is 0 Å². The molecule has 0 bridgehead atoms. The summed E-state index contributed by atoms with van der Waals surface area (Å²) in [7, 11) is 0.